The van der Waals surface area contributed by atoms with Crippen LogP contribution in [0.5, 0.6) is 0 Å². The van der Waals surface area contributed by atoms with Crippen molar-refractivity contribution in [3.8, 4) is 0 Å². The minimum atomic E-state index is -0.433. The lowest BCUT2D eigenvalue weighted by Crippen LogP contribution is -2.10. The molecule has 0 spiro atoms. The average molecular weight is 259 g/mol. The van der Waals surface area contributed by atoms with Gasteiger partial charge in [0.2, 0.25) is 0 Å². The predicted molar refractivity (Wildman–Crippen MR) is 81.7 cm³/mol. The van der Waals surface area contributed by atoms with Gasteiger partial charge >= 0.3 is 0 Å². The van der Waals surface area contributed by atoms with Crippen molar-refractivity contribution < 1.29 is 5.11 Å². The molecule has 2 nitrogen and oxygen atoms in total. The summed E-state index contributed by atoms with van der Waals surface area (Å²) in [5.74, 6) is 0. The summed E-state index contributed by atoms with van der Waals surface area (Å²) in [6.45, 7) is 12.8. The highest BCUT2D eigenvalue weighted by atomic mass is 16.3. The maximum atomic E-state index is 10.00. The van der Waals surface area contributed by atoms with Crippen LogP contribution in [-0.2, 0) is 5.41 Å². The number of rotatable bonds is 2. The molecule has 0 fully saturated rings. The Hall–Kier alpha value is -1.28. The summed E-state index contributed by atoms with van der Waals surface area (Å²) in [7, 11) is 0. The van der Waals surface area contributed by atoms with Crippen LogP contribution in [0.25, 0.3) is 10.9 Å². The van der Waals surface area contributed by atoms with Crippen LogP contribution in [0.3, 0.4) is 0 Å². The number of fused-ring (bicyclic) bond motifs is 1. The summed E-state index contributed by atoms with van der Waals surface area (Å²) in [4.78, 5) is 0. The zero-order valence-corrected chi connectivity index (χ0v) is 12.9. The molecule has 2 aromatic rings. The third-order valence-corrected chi connectivity index (χ3v) is 3.74. The first-order chi connectivity index (χ1) is 8.71. The number of benzene rings is 1. The summed E-state index contributed by atoms with van der Waals surface area (Å²) < 4.78 is 2.24. The summed E-state index contributed by atoms with van der Waals surface area (Å²) in [5.41, 5.74) is 3.67. The van der Waals surface area contributed by atoms with Gasteiger partial charge in [-0.3, -0.25) is 0 Å². The van der Waals surface area contributed by atoms with Gasteiger partial charge < -0.3 is 9.67 Å². The topological polar surface area (TPSA) is 25.2 Å². The number of aliphatic hydroxyl groups is 1. The smallest absolute Gasteiger partial charge is 0.0782 e. The first kappa shape index (κ1) is 14.1. The monoisotopic (exact) mass is 259 g/mol. The van der Waals surface area contributed by atoms with E-state index < -0.39 is 6.10 Å². The van der Waals surface area contributed by atoms with E-state index >= 15 is 0 Å². The van der Waals surface area contributed by atoms with Crippen molar-refractivity contribution >= 4 is 10.9 Å². The fourth-order valence-electron chi connectivity index (χ4n) is 2.51. The van der Waals surface area contributed by atoms with Crippen molar-refractivity contribution in [3.63, 3.8) is 0 Å². The molecule has 0 saturated carbocycles. The van der Waals surface area contributed by atoms with Gasteiger partial charge in [-0.2, -0.15) is 0 Å². The molecule has 1 heterocycles. The Morgan fingerprint density at radius 1 is 1.11 bits per heavy atom. The first-order valence-electron chi connectivity index (χ1n) is 7.05. The molecule has 0 amide bonds. The Labute approximate surface area is 116 Å². The second-order valence-electron chi connectivity index (χ2n) is 6.74. The minimum Gasteiger partial charge on any atom is -0.389 e. The zero-order valence-electron chi connectivity index (χ0n) is 12.9. The van der Waals surface area contributed by atoms with E-state index in [4.69, 9.17) is 0 Å². The molecule has 0 radical (unpaired) electrons. The van der Waals surface area contributed by atoms with E-state index in [-0.39, 0.29) is 5.41 Å². The van der Waals surface area contributed by atoms with Crippen LogP contribution in [-0.4, -0.2) is 9.67 Å². The predicted octanol–water partition coefficient (Wildman–Crippen LogP) is 4.57. The van der Waals surface area contributed by atoms with E-state index in [1.54, 1.807) is 0 Å². The summed E-state index contributed by atoms with van der Waals surface area (Å²) in [6, 6.07) is 7.01. The average Bonchev–Trinajstić information content (AvgIpc) is 2.66. The van der Waals surface area contributed by atoms with E-state index in [0.29, 0.717) is 6.04 Å². The van der Waals surface area contributed by atoms with Crippen LogP contribution >= 0.6 is 0 Å². The molecular weight excluding hydrogens is 234 g/mol. The molecule has 0 aliphatic rings. The minimum absolute atomic E-state index is 0.129. The zero-order chi connectivity index (χ0) is 14.4. The highest BCUT2D eigenvalue weighted by Gasteiger charge is 2.18. The van der Waals surface area contributed by atoms with E-state index in [1.165, 1.54) is 16.5 Å². The molecular formula is C17H25NO. The quantitative estimate of drug-likeness (QED) is 0.839. The Kier molecular flexibility index (Phi) is 3.48. The van der Waals surface area contributed by atoms with E-state index in [0.717, 1.165) is 5.56 Å². The standard InChI is InChI=1S/C17H25NO/c1-11(2)18-10-15(12(3)19)14-9-13(17(4,5)6)7-8-16(14)18/h7-12,19H,1-6H3. The van der Waals surface area contributed by atoms with Crippen LogP contribution in [0, 0.1) is 0 Å². The highest BCUT2D eigenvalue weighted by molar-refractivity contribution is 5.85. The normalized spacial score (nSPS) is 14.3. The summed E-state index contributed by atoms with van der Waals surface area (Å²) >= 11 is 0. The summed E-state index contributed by atoms with van der Waals surface area (Å²) in [5, 5.41) is 11.2. The molecule has 0 saturated heterocycles. The largest absolute Gasteiger partial charge is 0.389 e. The third kappa shape index (κ3) is 2.55. The third-order valence-electron chi connectivity index (χ3n) is 3.74. The van der Waals surface area contributed by atoms with Crippen molar-refractivity contribution in [2.45, 2.75) is 59.1 Å². The van der Waals surface area contributed by atoms with Crippen LogP contribution in [0.4, 0.5) is 0 Å². The van der Waals surface area contributed by atoms with E-state index in [9.17, 15) is 5.11 Å². The molecule has 1 aromatic carbocycles. The van der Waals surface area contributed by atoms with E-state index in [2.05, 4.69) is 63.6 Å². The second-order valence-corrected chi connectivity index (χ2v) is 6.74. The lowest BCUT2D eigenvalue weighted by molar-refractivity contribution is 0.200. The number of hydrogen-bond donors (Lipinski definition) is 1. The molecule has 19 heavy (non-hydrogen) atoms. The van der Waals surface area contributed by atoms with E-state index in [1.807, 2.05) is 6.92 Å². The Morgan fingerprint density at radius 3 is 2.21 bits per heavy atom. The Morgan fingerprint density at radius 2 is 1.74 bits per heavy atom. The van der Waals surface area contributed by atoms with Gasteiger partial charge in [-0.25, -0.2) is 0 Å². The molecule has 2 heteroatoms. The summed E-state index contributed by atoms with van der Waals surface area (Å²) in [6.07, 6.45) is 1.66. The van der Waals surface area contributed by atoms with Crippen molar-refractivity contribution in [1.29, 1.82) is 0 Å². The van der Waals surface area contributed by atoms with Crippen molar-refractivity contribution in [3.05, 3.63) is 35.5 Å². The molecule has 1 aromatic heterocycles. The van der Waals surface area contributed by atoms with Gasteiger partial charge in [0.15, 0.2) is 0 Å². The molecule has 0 bridgehead atoms. The van der Waals surface area contributed by atoms with Crippen LogP contribution in [0.2, 0.25) is 0 Å². The molecule has 1 unspecified atom stereocenters. The molecule has 0 aliphatic heterocycles. The highest BCUT2D eigenvalue weighted by Crippen LogP contribution is 2.33. The van der Waals surface area contributed by atoms with Gasteiger partial charge in [0.1, 0.15) is 0 Å². The lowest BCUT2D eigenvalue weighted by atomic mass is 9.86. The van der Waals surface area contributed by atoms with Crippen molar-refractivity contribution in [2.24, 2.45) is 0 Å². The number of aromatic nitrogens is 1. The van der Waals surface area contributed by atoms with Crippen molar-refractivity contribution in [1.82, 2.24) is 4.57 Å². The fraction of sp³-hybridized carbons (Fsp3) is 0.529. The van der Waals surface area contributed by atoms with Crippen LogP contribution < -0.4 is 0 Å². The Bertz CT molecular complexity index is 585. The van der Waals surface area contributed by atoms with Crippen LogP contribution in [0.15, 0.2) is 24.4 Å². The van der Waals surface area contributed by atoms with Crippen LogP contribution in [0.1, 0.15) is 64.8 Å². The van der Waals surface area contributed by atoms with Crippen molar-refractivity contribution in [2.75, 3.05) is 0 Å². The van der Waals surface area contributed by atoms with Gasteiger partial charge in [-0.1, -0.05) is 26.8 Å². The molecule has 1 N–H and O–H groups in total. The maximum Gasteiger partial charge on any atom is 0.0782 e. The number of hydrogen-bond acceptors (Lipinski definition) is 1. The fourth-order valence-corrected chi connectivity index (χ4v) is 2.51. The second kappa shape index (κ2) is 4.68. The molecule has 104 valence electrons. The Balaban J connectivity index is 2.73. The first-order valence-corrected chi connectivity index (χ1v) is 7.05. The van der Waals surface area contributed by atoms with Gasteiger partial charge in [0.05, 0.1) is 6.10 Å². The SMILES string of the molecule is CC(O)c1cn(C(C)C)c2ccc(C(C)(C)C)cc12. The van der Waals surface area contributed by atoms with Gasteiger partial charge in [0.25, 0.3) is 0 Å². The van der Waals surface area contributed by atoms with Gasteiger partial charge in [-0.05, 0) is 43.9 Å². The maximum absolute atomic E-state index is 10.00. The molecule has 1 atom stereocenters. The molecule has 2 rings (SSSR count). The number of aliphatic hydroxyl groups excluding tert-OH is 1. The van der Waals surface area contributed by atoms with Gasteiger partial charge in [-0.15, -0.1) is 0 Å². The van der Waals surface area contributed by atoms with Gasteiger partial charge in [0, 0.05) is 28.7 Å². The lowest BCUT2D eigenvalue weighted by Gasteiger charge is -2.19. The molecule has 0 aliphatic carbocycles. The number of nitrogens with zero attached hydrogens (tertiary/aromatic N) is 1.